The fourth-order valence-electron chi connectivity index (χ4n) is 7.38. The normalized spacial score (nSPS) is 29.0. The van der Waals surface area contributed by atoms with Gasteiger partial charge in [-0.3, -0.25) is 4.79 Å². The van der Waals surface area contributed by atoms with Gasteiger partial charge in [0.2, 0.25) is 5.91 Å². The SMILES string of the molecule is CCCCC/C=C\C/C=C\CCCCCCCCCC(=O)NC(COC1OC(CO)C(OC2OC(CO)C(O)C(O)C2O)C(O)C1O)C(O)CCCCCCCCC. The third-order valence-electron chi connectivity index (χ3n) is 11.2. The average Bonchev–Trinajstić information content (AvgIpc) is 3.22. The van der Waals surface area contributed by atoms with Crippen molar-refractivity contribution in [2.24, 2.45) is 0 Å². The summed E-state index contributed by atoms with van der Waals surface area (Å²) < 4.78 is 22.6. The van der Waals surface area contributed by atoms with Gasteiger partial charge >= 0.3 is 0 Å². The molecule has 14 heteroatoms. The van der Waals surface area contributed by atoms with E-state index in [4.69, 9.17) is 18.9 Å². The summed E-state index contributed by atoms with van der Waals surface area (Å²) in [4.78, 5) is 13.1. The van der Waals surface area contributed by atoms with Gasteiger partial charge in [0.1, 0.15) is 48.8 Å². The minimum atomic E-state index is -1.78. The monoisotopic (exact) mass is 832 g/mol. The van der Waals surface area contributed by atoms with Gasteiger partial charge in [0.05, 0.1) is 32.0 Å². The van der Waals surface area contributed by atoms with Crippen molar-refractivity contribution in [1.82, 2.24) is 5.32 Å². The maximum atomic E-state index is 13.1. The fourth-order valence-corrected chi connectivity index (χ4v) is 7.38. The first-order chi connectivity index (χ1) is 28.1. The van der Waals surface area contributed by atoms with Crippen LogP contribution in [0.4, 0.5) is 0 Å². The highest BCUT2D eigenvalue weighted by Crippen LogP contribution is 2.30. The molecule has 0 radical (unpaired) electrons. The molecule has 2 rings (SSSR count). The van der Waals surface area contributed by atoms with Gasteiger partial charge in [0.25, 0.3) is 0 Å². The van der Waals surface area contributed by atoms with E-state index in [1.165, 1.54) is 57.8 Å². The highest BCUT2D eigenvalue weighted by atomic mass is 16.7. The van der Waals surface area contributed by atoms with Crippen LogP contribution in [0.15, 0.2) is 24.3 Å². The molecule has 14 nitrogen and oxygen atoms in total. The Morgan fingerprint density at radius 1 is 0.621 bits per heavy atom. The average molecular weight is 832 g/mol. The summed E-state index contributed by atoms with van der Waals surface area (Å²) in [6.45, 7) is 2.74. The molecule has 58 heavy (non-hydrogen) atoms. The highest BCUT2D eigenvalue weighted by molar-refractivity contribution is 5.76. The summed E-state index contributed by atoms with van der Waals surface area (Å²) in [5, 5.41) is 86.3. The molecule has 340 valence electrons. The number of nitrogens with one attached hydrogen (secondary N) is 1. The third-order valence-corrected chi connectivity index (χ3v) is 11.2. The Hall–Kier alpha value is -1.53. The van der Waals surface area contributed by atoms with Crippen molar-refractivity contribution >= 4 is 5.91 Å². The molecule has 2 fully saturated rings. The lowest BCUT2D eigenvalue weighted by Crippen LogP contribution is -2.65. The number of hydrogen-bond acceptors (Lipinski definition) is 13. The first-order valence-electron chi connectivity index (χ1n) is 22.6. The van der Waals surface area contributed by atoms with Crippen LogP contribution in [0.3, 0.4) is 0 Å². The molecule has 2 saturated heterocycles. The standard InChI is InChI=1S/C44H81NO13/c1-3-5-7-9-11-12-13-14-15-16-17-18-19-20-22-24-26-28-36(49)45-32(33(48)27-25-23-21-10-8-6-4-2)31-55-43-41(54)39(52)42(35(30-47)57-43)58-44-40(53)38(51)37(50)34(29-46)56-44/h11-12,14-15,32-35,37-44,46-48,50-54H,3-10,13,16-31H2,1-2H3,(H,45,49)/b12-11-,15-14-. The molecule has 0 aromatic carbocycles. The maximum absolute atomic E-state index is 13.1. The van der Waals surface area contributed by atoms with Crippen LogP contribution in [0.1, 0.15) is 155 Å². The smallest absolute Gasteiger partial charge is 0.220 e. The molecule has 0 spiro atoms. The summed E-state index contributed by atoms with van der Waals surface area (Å²) >= 11 is 0. The predicted molar refractivity (Wildman–Crippen MR) is 221 cm³/mol. The van der Waals surface area contributed by atoms with Gasteiger partial charge in [-0.25, -0.2) is 0 Å². The Balaban J connectivity index is 1.83. The number of rotatable bonds is 33. The first-order valence-corrected chi connectivity index (χ1v) is 22.6. The maximum Gasteiger partial charge on any atom is 0.220 e. The van der Waals surface area contributed by atoms with Crippen molar-refractivity contribution in [3.05, 3.63) is 24.3 Å². The topological polar surface area (TPSA) is 228 Å². The molecule has 0 aromatic heterocycles. The number of carbonyl (C=O) groups is 1. The van der Waals surface area contributed by atoms with Crippen molar-refractivity contribution in [2.45, 2.75) is 229 Å². The zero-order chi connectivity index (χ0) is 42.5. The fraction of sp³-hybridized carbons (Fsp3) is 0.886. The van der Waals surface area contributed by atoms with E-state index < -0.39 is 86.8 Å². The van der Waals surface area contributed by atoms with Crippen molar-refractivity contribution in [2.75, 3.05) is 19.8 Å². The van der Waals surface area contributed by atoms with Gasteiger partial charge in [0.15, 0.2) is 12.6 Å². The van der Waals surface area contributed by atoms with Gasteiger partial charge < -0.3 is 65.1 Å². The molecule has 0 bridgehead atoms. The van der Waals surface area contributed by atoms with E-state index in [0.717, 1.165) is 64.2 Å². The minimum Gasteiger partial charge on any atom is -0.394 e. The Labute approximate surface area is 348 Å². The first kappa shape index (κ1) is 52.6. The Morgan fingerprint density at radius 2 is 1.14 bits per heavy atom. The van der Waals surface area contributed by atoms with Crippen molar-refractivity contribution in [3.63, 3.8) is 0 Å². The number of carbonyl (C=O) groups excluding carboxylic acids is 1. The van der Waals surface area contributed by atoms with Gasteiger partial charge in [-0.05, 0) is 44.9 Å². The molecule has 2 aliphatic rings. The predicted octanol–water partition coefficient (Wildman–Crippen LogP) is 4.21. The molecular formula is C44H81NO13. The molecule has 2 aliphatic heterocycles. The van der Waals surface area contributed by atoms with Gasteiger partial charge in [-0.15, -0.1) is 0 Å². The Kier molecular flexibility index (Phi) is 29.2. The number of aliphatic hydroxyl groups is 8. The minimum absolute atomic E-state index is 0.221. The largest absolute Gasteiger partial charge is 0.394 e. The Morgan fingerprint density at radius 3 is 1.76 bits per heavy atom. The van der Waals surface area contributed by atoms with Crippen molar-refractivity contribution in [3.8, 4) is 0 Å². The quantitative estimate of drug-likeness (QED) is 0.0334. The number of amides is 1. The Bertz CT molecular complexity index is 1080. The molecular weight excluding hydrogens is 750 g/mol. The van der Waals surface area contributed by atoms with E-state index in [0.29, 0.717) is 19.3 Å². The molecule has 12 atom stereocenters. The molecule has 1 amide bonds. The number of aliphatic hydroxyl groups excluding tert-OH is 8. The van der Waals surface area contributed by atoms with Gasteiger partial charge in [-0.2, -0.15) is 0 Å². The lowest BCUT2D eigenvalue weighted by atomic mass is 9.97. The highest BCUT2D eigenvalue weighted by Gasteiger charge is 2.51. The van der Waals surface area contributed by atoms with E-state index in [9.17, 15) is 45.6 Å². The van der Waals surface area contributed by atoms with Crippen LogP contribution in [0.5, 0.6) is 0 Å². The third kappa shape index (κ3) is 20.4. The molecule has 12 unspecified atom stereocenters. The summed E-state index contributed by atoms with van der Waals surface area (Å²) in [5.41, 5.74) is 0. The van der Waals surface area contributed by atoms with E-state index in [-0.39, 0.29) is 12.5 Å². The summed E-state index contributed by atoms with van der Waals surface area (Å²) in [6, 6.07) is -0.827. The number of ether oxygens (including phenoxy) is 4. The summed E-state index contributed by atoms with van der Waals surface area (Å²) in [7, 11) is 0. The van der Waals surface area contributed by atoms with Crippen LogP contribution >= 0.6 is 0 Å². The second-order valence-corrected chi connectivity index (χ2v) is 16.2. The summed E-state index contributed by atoms with van der Waals surface area (Å²) in [5.74, 6) is -0.221. The zero-order valence-electron chi connectivity index (χ0n) is 35.5. The number of hydrogen-bond donors (Lipinski definition) is 9. The van der Waals surface area contributed by atoms with Gasteiger partial charge in [-0.1, -0.05) is 128 Å². The molecule has 0 aromatic rings. The summed E-state index contributed by atoms with van der Waals surface area (Å²) in [6.07, 6.45) is 15.0. The van der Waals surface area contributed by atoms with Crippen LogP contribution < -0.4 is 5.32 Å². The van der Waals surface area contributed by atoms with Crippen LogP contribution in [0.25, 0.3) is 0 Å². The van der Waals surface area contributed by atoms with Crippen LogP contribution in [0, 0.1) is 0 Å². The molecule has 2 heterocycles. The van der Waals surface area contributed by atoms with Crippen LogP contribution in [-0.4, -0.2) is 140 Å². The van der Waals surface area contributed by atoms with Crippen molar-refractivity contribution < 1.29 is 64.6 Å². The number of unbranched alkanes of at least 4 members (excludes halogenated alkanes) is 16. The zero-order valence-corrected chi connectivity index (χ0v) is 35.5. The van der Waals surface area contributed by atoms with E-state index in [2.05, 4.69) is 43.5 Å². The lowest BCUT2D eigenvalue weighted by Gasteiger charge is -2.46. The van der Waals surface area contributed by atoms with Crippen LogP contribution in [-0.2, 0) is 23.7 Å². The molecule has 9 N–H and O–H groups in total. The second-order valence-electron chi connectivity index (χ2n) is 16.2. The lowest BCUT2D eigenvalue weighted by molar-refractivity contribution is -0.359. The molecule has 0 saturated carbocycles. The van der Waals surface area contributed by atoms with E-state index >= 15 is 0 Å². The van der Waals surface area contributed by atoms with E-state index in [1.54, 1.807) is 0 Å². The van der Waals surface area contributed by atoms with E-state index in [1.807, 2.05) is 0 Å². The van der Waals surface area contributed by atoms with Gasteiger partial charge in [0, 0.05) is 6.42 Å². The van der Waals surface area contributed by atoms with Crippen molar-refractivity contribution in [1.29, 1.82) is 0 Å². The number of allylic oxidation sites excluding steroid dienone is 4. The molecule has 0 aliphatic carbocycles. The van der Waals surface area contributed by atoms with Crippen LogP contribution in [0.2, 0.25) is 0 Å². The second kappa shape index (κ2) is 32.2.